The third-order valence-electron chi connectivity index (χ3n) is 4.30. The first-order valence-corrected chi connectivity index (χ1v) is 8.33. The highest BCUT2D eigenvalue weighted by Gasteiger charge is 2.25. The van der Waals surface area contributed by atoms with Crippen LogP contribution in [0.5, 0.6) is 5.75 Å². The largest absolute Gasteiger partial charge is 0.497 e. The number of aliphatic hydroxyl groups is 1. The number of benzene rings is 2. The van der Waals surface area contributed by atoms with Gasteiger partial charge in [0.1, 0.15) is 5.75 Å². The van der Waals surface area contributed by atoms with E-state index in [1.807, 2.05) is 54.6 Å². The van der Waals surface area contributed by atoms with Gasteiger partial charge in [-0.25, -0.2) is 0 Å². The molecule has 5 nitrogen and oxygen atoms in total. The van der Waals surface area contributed by atoms with Crippen LogP contribution in [0.1, 0.15) is 17.5 Å². The van der Waals surface area contributed by atoms with Gasteiger partial charge in [-0.15, -0.1) is 0 Å². The average molecular weight is 343 g/mol. The predicted molar refractivity (Wildman–Crippen MR) is 96.6 cm³/mol. The van der Waals surface area contributed by atoms with E-state index in [2.05, 4.69) is 0 Å². The van der Waals surface area contributed by atoms with Gasteiger partial charge in [0.05, 0.1) is 19.1 Å². The van der Waals surface area contributed by atoms with Crippen LogP contribution in [0.4, 0.5) is 0 Å². The zero-order valence-electron chi connectivity index (χ0n) is 14.3. The highest BCUT2D eigenvalue weighted by atomic mass is 16.5. The smallest absolute Gasteiger partial charge is 0.306 e. The summed E-state index contributed by atoms with van der Waals surface area (Å²) in [5.74, 6) is -0.958. The zero-order valence-corrected chi connectivity index (χ0v) is 14.3. The molecule has 0 aliphatic rings. The lowest BCUT2D eigenvalue weighted by molar-refractivity contribution is -0.142. The van der Waals surface area contributed by atoms with Crippen molar-refractivity contribution in [1.82, 2.24) is 0 Å². The summed E-state index contributed by atoms with van der Waals surface area (Å²) in [5.41, 5.74) is 7.95. The van der Waals surface area contributed by atoms with E-state index in [0.29, 0.717) is 18.6 Å². The number of nitrogens with two attached hydrogens (primary N) is 1. The van der Waals surface area contributed by atoms with Crippen molar-refractivity contribution in [2.75, 3.05) is 7.11 Å². The van der Waals surface area contributed by atoms with E-state index in [-0.39, 0.29) is 6.42 Å². The Kier molecular flexibility index (Phi) is 6.98. The first-order valence-electron chi connectivity index (χ1n) is 8.33. The Morgan fingerprint density at radius 2 is 1.76 bits per heavy atom. The molecule has 0 aliphatic heterocycles. The number of methoxy groups -OCH3 is 1. The number of carboxylic acids is 1. The molecular formula is C20H25NO4. The van der Waals surface area contributed by atoms with E-state index in [0.717, 1.165) is 11.1 Å². The lowest BCUT2D eigenvalue weighted by Gasteiger charge is -2.22. The molecule has 0 bridgehead atoms. The summed E-state index contributed by atoms with van der Waals surface area (Å²) in [6.45, 7) is 0. The number of aliphatic carboxylic acids is 1. The summed E-state index contributed by atoms with van der Waals surface area (Å²) in [4.78, 5) is 11.6. The molecule has 134 valence electrons. The minimum Gasteiger partial charge on any atom is -0.497 e. The second-order valence-electron chi connectivity index (χ2n) is 6.25. The first-order chi connectivity index (χ1) is 12.0. The van der Waals surface area contributed by atoms with Crippen LogP contribution in [0.15, 0.2) is 54.6 Å². The van der Waals surface area contributed by atoms with Crippen LogP contribution >= 0.6 is 0 Å². The summed E-state index contributed by atoms with van der Waals surface area (Å²) < 4.78 is 5.17. The lowest BCUT2D eigenvalue weighted by atomic mass is 9.89. The van der Waals surface area contributed by atoms with E-state index in [4.69, 9.17) is 10.5 Å². The Morgan fingerprint density at radius 1 is 1.08 bits per heavy atom. The van der Waals surface area contributed by atoms with Crippen molar-refractivity contribution in [2.45, 2.75) is 31.4 Å². The van der Waals surface area contributed by atoms with Crippen molar-refractivity contribution in [3.8, 4) is 5.75 Å². The van der Waals surface area contributed by atoms with Gasteiger partial charge >= 0.3 is 5.97 Å². The minimum atomic E-state index is -0.936. The molecule has 5 heteroatoms. The molecule has 0 fully saturated rings. The summed E-state index contributed by atoms with van der Waals surface area (Å²) in [5, 5.41) is 19.9. The molecule has 0 heterocycles. The number of carbonyl (C=O) groups is 1. The molecule has 4 N–H and O–H groups in total. The van der Waals surface area contributed by atoms with Crippen molar-refractivity contribution in [1.29, 1.82) is 0 Å². The fourth-order valence-corrected chi connectivity index (χ4v) is 2.84. The monoisotopic (exact) mass is 343 g/mol. The fraction of sp³-hybridized carbons (Fsp3) is 0.350. The third kappa shape index (κ3) is 5.89. The molecule has 0 saturated heterocycles. The highest BCUT2D eigenvalue weighted by molar-refractivity contribution is 5.70. The van der Waals surface area contributed by atoms with E-state index in [1.54, 1.807) is 7.11 Å². The molecule has 2 aromatic carbocycles. The Labute approximate surface area is 148 Å². The number of rotatable bonds is 9. The number of hydrogen-bond acceptors (Lipinski definition) is 4. The Bertz CT molecular complexity index is 674. The molecule has 0 radical (unpaired) electrons. The fourth-order valence-electron chi connectivity index (χ4n) is 2.84. The molecular weight excluding hydrogens is 318 g/mol. The quantitative estimate of drug-likeness (QED) is 0.649. The highest BCUT2D eigenvalue weighted by Crippen LogP contribution is 2.20. The van der Waals surface area contributed by atoms with Gasteiger partial charge < -0.3 is 20.7 Å². The van der Waals surface area contributed by atoms with Crippen LogP contribution < -0.4 is 10.5 Å². The van der Waals surface area contributed by atoms with Crippen molar-refractivity contribution >= 4 is 5.97 Å². The Balaban J connectivity index is 1.98. The van der Waals surface area contributed by atoms with Crippen LogP contribution in [0.2, 0.25) is 0 Å². The molecule has 0 aromatic heterocycles. The summed E-state index contributed by atoms with van der Waals surface area (Å²) in [7, 11) is 1.57. The second kappa shape index (κ2) is 9.20. The van der Waals surface area contributed by atoms with Crippen LogP contribution in [0, 0.1) is 5.92 Å². The zero-order chi connectivity index (χ0) is 18.2. The van der Waals surface area contributed by atoms with Crippen molar-refractivity contribution in [3.63, 3.8) is 0 Å². The molecule has 3 unspecified atom stereocenters. The van der Waals surface area contributed by atoms with Gasteiger partial charge in [0.25, 0.3) is 0 Å². The summed E-state index contributed by atoms with van der Waals surface area (Å²) >= 11 is 0. The maximum atomic E-state index is 11.6. The molecule has 0 aliphatic carbocycles. The van der Waals surface area contributed by atoms with E-state index in [1.165, 1.54) is 0 Å². The van der Waals surface area contributed by atoms with E-state index in [9.17, 15) is 15.0 Å². The van der Waals surface area contributed by atoms with Gasteiger partial charge in [0.2, 0.25) is 0 Å². The van der Waals surface area contributed by atoms with E-state index < -0.39 is 24.0 Å². The molecule has 2 rings (SSSR count). The molecule has 3 atom stereocenters. The van der Waals surface area contributed by atoms with Crippen molar-refractivity contribution < 1.29 is 19.7 Å². The lowest BCUT2D eigenvalue weighted by Crippen LogP contribution is -2.39. The van der Waals surface area contributed by atoms with E-state index >= 15 is 0 Å². The van der Waals surface area contributed by atoms with Crippen molar-refractivity contribution in [2.24, 2.45) is 11.7 Å². The van der Waals surface area contributed by atoms with Gasteiger partial charge in [-0.05, 0) is 42.5 Å². The van der Waals surface area contributed by atoms with Gasteiger partial charge in [-0.2, -0.15) is 0 Å². The predicted octanol–water partition coefficient (Wildman–Crippen LogP) is 2.26. The van der Waals surface area contributed by atoms with Gasteiger partial charge in [0, 0.05) is 6.04 Å². The first kappa shape index (κ1) is 19.0. The van der Waals surface area contributed by atoms with Gasteiger partial charge in [0.15, 0.2) is 0 Å². The normalized spacial score (nSPS) is 14.5. The van der Waals surface area contributed by atoms with Gasteiger partial charge in [-0.3, -0.25) is 4.79 Å². The molecule has 25 heavy (non-hydrogen) atoms. The maximum absolute atomic E-state index is 11.6. The summed E-state index contributed by atoms with van der Waals surface area (Å²) in [6, 6.07) is 16.4. The third-order valence-corrected chi connectivity index (χ3v) is 4.30. The standard InChI is InChI=1S/C20H25NO4/c1-25-17-9-5-8-15(11-17)10-16(20(23)24)13-19(22)18(21)12-14-6-3-2-4-7-14/h2-9,11,16,18-19,22H,10,12-13,21H2,1H3,(H,23,24). The van der Waals surface area contributed by atoms with Crippen LogP contribution in [-0.4, -0.2) is 35.4 Å². The molecule has 0 amide bonds. The molecule has 0 saturated carbocycles. The van der Waals surface area contributed by atoms with Crippen LogP contribution in [0.25, 0.3) is 0 Å². The number of carboxylic acid groups (broad SMARTS) is 1. The summed E-state index contributed by atoms with van der Waals surface area (Å²) in [6.07, 6.45) is 0.0577. The van der Waals surface area contributed by atoms with Crippen LogP contribution in [0.3, 0.4) is 0 Å². The Morgan fingerprint density at radius 3 is 2.40 bits per heavy atom. The van der Waals surface area contributed by atoms with Gasteiger partial charge in [-0.1, -0.05) is 42.5 Å². The Hall–Kier alpha value is -2.37. The van der Waals surface area contributed by atoms with Crippen molar-refractivity contribution in [3.05, 3.63) is 65.7 Å². The number of aliphatic hydroxyl groups excluding tert-OH is 1. The average Bonchev–Trinajstić information content (AvgIpc) is 2.62. The maximum Gasteiger partial charge on any atom is 0.306 e. The number of ether oxygens (including phenoxy) is 1. The minimum absolute atomic E-state index is 0.112. The number of hydrogen-bond donors (Lipinski definition) is 3. The molecule has 0 spiro atoms. The SMILES string of the molecule is COc1cccc(CC(CC(O)C(N)Cc2ccccc2)C(=O)O)c1. The van der Waals surface area contributed by atoms with Crippen LogP contribution in [-0.2, 0) is 17.6 Å². The molecule has 2 aromatic rings. The topological polar surface area (TPSA) is 92.8 Å². The second-order valence-corrected chi connectivity index (χ2v) is 6.25.